The number of benzene rings is 1. The Morgan fingerprint density at radius 2 is 1.94 bits per heavy atom. The molecule has 4 nitrogen and oxygen atoms in total. The lowest BCUT2D eigenvalue weighted by Gasteiger charge is -2.18. The molecule has 0 saturated heterocycles. The van der Waals surface area contributed by atoms with Crippen molar-refractivity contribution in [3.05, 3.63) is 24.0 Å². The molecule has 0 aliphatic heterocycles. The SMILES string of the molecule is CC(C)(C)CCNS(=O)(=O)c1ccc(F)c(N)c1. The summed E-state index contributed by atoms with van der Waals surface area (Å²) in [4.78, 5) is -0.0182. The van der Waals surface area contributed by atoms with E-state index in [-0.39, 0.29) is 16.0 Å². The van der Waals surface area contributed by atoms with Crippen molar-refractivity contribution in [2.24, 2.45) is 5.41 Å². The van der Waals surface area contributed by atoms with Crippen LogP contribution in [0.4, 0.5) is 10.1 Å². The summed E-state index contributed by atoms with van der Waals surface area (Å²) in [5, 5.41) is 0. The van der Waals surface area contributed by atoms with Crippen LogP contribution in [0.3, 0.4) is 0 Å². The van der Waals surface area contributed by atoms with Crippen molar-refractivity contribution in [2.75, 3.05) is 12.3 Å². The van der Waals surface area contributed by atoms with Crippen molar-refractivity contribution in [3.63, 3.8) is 0 Å². The van der Waals surface area contributed by atoms with Gasteiger partial charge in [0.05, 0.1) is 10.6 Å². The maximum absolute atomic E-state index is 13.0. The second kappa shape index (κ2) is 5.24. The van der Waals surface area contributed by atoms with Crippen molar-refractivity contribution in [1.82, 2.24) is 4.72 Å². The van der Waals surface area contributed by atoms with Gasteiger partial charge in [-0.2, -0.15) is 0 Å². The molecule has 0 aliphatic rings. The molecule has 0 spiro atoms. The fraction of sp³-hybridized carbons (Fsp3) is 0.500. The largest absolute Gasteiger partial charge is 0.396 e. The molecule has 0 bridgehead atoms. The molecule has 0 fully saturated rings. The van der Waals surface area contributed by atoms with Crippen molar-refractivity contribution < 1.29 is 12.8 Å². The van der Waals surface area contributed by atoms with E-state index < -0.39 is 15.8 Å². The summed E-state index contributed by atoms with van der Waals surface area (Å²) in [7, 11) is -3.62. The van der Waals surface area contributed by atoms with Crippen molar-refractivity contribution in [3.8, 4) is 0 Å². The summed E-state index contributed by atoms with van der Waals surface area (Å²) < 4.78 is 39.2. The fourth-order valence-electron chi connectivity index (χ4n) is 1.33. The van der Waals surface area contributed by atoms with Gasteiger partial charge in [-0.25, -0.2) is 17.5 Å². The highest BCUT2D eigenvalue weighted by molar-refractivity contribution is 7.89. The molecule has 1 aromatic carbocycles. The van der Waals surface area contributed by atoms with Crippen LogP contribution in [-0.2, 0) is 10.0 Å². The minimum atomic E-state index is -3.62. The number of nitrogens with one attached hydrogen (secondary N) is 1. The van der Waals surface area contributed by atoms with Crippen LogP contribution in [-0.4, -0.2) is 15.0 Å². The Bertz CT molecular complexity index is 521. The van der Waals surface area contributed by atoms with Crippen molar-refractivity contribution in [2.45, 2.75) is 32.1 Å². The fourth-order valence-corrected chi connectivity index (χ4v) is 2.40. The normalized spacial score (nSPS) is 12.7. The third-order valence-corrected chi connectivity index (χ3v) is 3.90. The molecule has 102 valence electrons. The van der Waals surface area contributed by atoms with Crippen LogP contribution in [0.25, 0.3) is 0 Å². The highest BCUT2D eigenvalue weighted by Crippen LogP contribution is 2.19. The zero-order chi connectivity index (χ0) is 14.0. The number of hydrogen-bond acceptors (Lipinski definition) is 3. The molecule has 1 rings (SSSR count). The van der Waals surface area contributed by atoms with E-state index in [0.29, 0.717) is 13.0 Å². The lowest BCUT2D eigenvalue weighted by atomic mass is 9.93. The molecule has 3 N–H and O–H groups in total. The van der Waals surface area contributed by atoms with E-state index in [1.165, 1.54) is 6.07 Å². The van der Waals surface area contributed by atoms with E-state index in [0.717, 1.165) is 12.1 Å². The number of anilines is 1. The first kappa shape index (κ1) is 14.9. The Morgan fingerprint density at radius 1 is 1.33 bits per heavy atom. The number of nitrogens with two attached hydrogens (primary N) is 1. The summed E-state index contributed by atoms with van der Waals surface area (Å²) in [5.41, 5.74) is 5.22. The molecular weight excluding hydrogens is 255 g/mol. The van der Waals surface area contributed by atoms with E-state index in [1.54, 1.807) is 0 Å². The van der Waals surface area contributed by atoms with Crippen LogP contribution in [0.15, 0.2) is 23.1 Å². The second-order valence-corrected chi connectivity index (χ2v) is 7.16. The van der Waals surface area contributed by atoms with Gasteiger partial charge in [0.15, 0.2) is 0 Å². The highest BCUT2D eigenvalue weighted by Gasteiger charge is 2.17. The van der Waals surface area contributed by atoms with Gasteiger partial charge in [0.2, 0.25) is 10.0 Å². The van der Waals surface area contributed by atoms with E-state index in [1.807, 2.05) is 20.8 Å². The lowest BCUT2D eigenvalue weighted by Crippen LogP contribution is -2.27. The molecule has 0 aromatic heterocycles. The summed E-state index contributed by atoms with van der Waals surface area (Å²) in [6.07, 6.45) is 0.711. The number of halogens is 1. The molecule has 0 radical (unpaired) electrons. The first-order valence-corrected chi connectivity index (χ1v) is 7.15. The van der Waals surface area contributed by atoms with Crippen molar-refractivity contribution >= 4 is 15.7 Å². The van der Waals surface area contributed by atoms with Gasteiger partial charge in [-0.1, -0.05) is 20.8 Å². The van der Waals surface area contributed by atoms with Crippen LogP contribution in [0.1, 0.15) is 27.2 Å². The number of rotatable bonds is 4. The van der Waals surface area contributed by atoms with Gasteiger partial charge in [0.25, 0.3) is 0 Å². The molecule has 0 atom stereocenters. The summed E-state index contributed by atoms with van der Waals surface area (Å²) >= 11 is 0. The predicted octanol–water partition coefficient (Wildman–Crippen LogP) is 2.12. The molecule has 18 heavy (non-hydrogen) atoms. The van der Waals surface area contributed by atoms with Gasteiger partial charge in [-0.15, -0.1) is 0 Å². The molecule has 0 amide bonds. The third-order valence-electron chi connectivity index (χ3n) is 2.44. The molecule has 0 unspecified atom stereocenters. The van der Waals surface area contributed by atoms with Crippen LogP contribution < -0.4 is 10.5 Å². The summed E-state index contributed by atoms with van der Waals surface area (Å²) in [6, 6.07) is 3.37. The first-order valence-electron chi connectivity index (χ1n) is 5.66. The quantitative estimate of drug-likeness (QED) is 0.826. The van der Waals surface area contributed by atoms with Gasteiger partial charge in [0.1, 0.15) is 5.82 Å². The van der Waals surface area contributed by atoms with Gasteiger partial charge >= 0.3 is 0 Å². The molecule has 1 aromatic rings. The Hall–Kier alpha value is -1.14. The van der Waals surface area contributed by atoms with Crippen LogP contribution in [0.2, 0.25) is 0 Å². The lowest BCUT2D eigenvalue weighted by molar-refractivity contribution is 0.378. The van der Waals surface area contributed by atoms with Crippen LogP contribution in [0.5, 0.6) is 0 Å². The van der Waals surface area contributed by atoms with E-state index in [2.05, 4.69) is 4.72 Å². The molecular formula is C12H19FN2O2S. The monoisotopic (exact) mass is 274 g/mol. The van der Waals surface area contributed by atoms with Crippen molar-refractivity contribution in [1.29, 1.82) is 0 Å². The molecule has 0 heterocycles. The van der Waals surface area contributed by atoms with Gasteiger partial charge in [-0.3, -0.25) is 0 Å². The Labute approximate surface area is 107 Å². The predicted molar refractivity (Wildman–Crippen MR) is 70.1 cm³/mol. The van der Waals surface area contributed by atoms with Gasteiger partial charge in [0, 0.05) is 6.54 Å². The Balaban J connectivity index is 2.77. The minimum absolute atomic E-state index is 0.0182. The van der Waals surface area contributed by atoms with E-state index in [4.69, 9.17) is 5.73 Å². The molecule has 6 heteroatoms. The average Bonchev–Trinajstić information content (AvgIpc) is 2.19. The van der Waals surface area contributed by atoms with E-state index in [9.17, 15) is 12.8 Å². The number of sulfonamides is 1. The number of hydrogen-bond donors (Lipinski definition) is 2. The zero-order valence-corrected chi connectivity index (χ0v) is 11.6. The smallest absolute Gasteiger partial charge is 0.240 e. The highest BCUT2D eigenvalue weighted by atomic mass is 32.2. The van der Waals surface area contributed by atoms with Crippen LogP contribution in [0, 0.1) is 11.2 Å². The third kappa shape index (κ3) is 4.27. The summed E-state index contributed by atoms with van der Waals surface area (Å²) in [6.45, 7) is 6.41. The maximum atomic E-state index is 13.0. The average molecular weight is 274 g/mol. The van der Waals surface area contributed by atoms with Gasteiger partial charge in [-0.05, 0) is 30.0 Å². The van der Waals surface area contributed by atoms with E-state index >= 15 is 0 Å². The summed E-state index contributed by atoms with van der Waals surface area (Å²) in [5.74, 6) is -0.622. The first-order chi connectivity index (χ1) is 8.12. The second-order valence-electron chi connectivity index (χ2n) is 5.39. The molecule has 0 aliphatic carbocycles. The van der Waals surface area contributed by atoms with Crippen LogP contribution >= 0.6 is 0 Å². The topological polar surface area (TPSA) is 72.2 Å². The number of nitrogen functional groups attached to an aromatic ring is 1. The Kier molecular flexibility index (Phi) is 4.34. The van der Waals surface area contributed by atoms with Gasteiger partial charge < -0.3 is 5.73 Å². The standard InChI is InChI=1S/C12H19FN2O2S/c1-12(2,3)6-7-15-18(16,17)9-4-5-10(13)11(14)8-9/h4-5,8,15H,6-7,14H2,1-3H3. The minimum Gasteiger partial charge on any atom is -0.396 e. The zero-order valence-electron chi connectivity index (χ0n) is 10.8. The molecule has 0 saturated carbocycles. The Morgan fingerprint density at radius 3 is 2.44 bits per heavy atom. The maximum Gasteiger partial charge on any atom is 0.240 e.